The number of pyridine rings is 1. The van der Waals surface area contributed by atoms with Crippen LogP contribution in [0, 0.1) is 6.92 Å². The van der Waals surface area contributed by atoms with Gasteiger partial charge in [0, 0.05) is 25.3 Å². The predicted molar refractivity (Wildman–Crippen MR) is 76.5 cm³/mol. The summed E-state index contributed by atoms with van der Waals surface area (Å²) in [5.74, 6) is 0.656. The lowest BCUT2D eigenvalue weighted by molar-refractivity contribution is -0.0333. The van der Waals surface area contributed by atoms with E-state index >= 15 is 0 Å². The van der Waals surface area contributed by atoms with Gasteiger partial charge in [0.25, 0.3) is 10.1 Å². The Hall–Kier alpha value is -1.22. The van der Waals surface area contributed by atoms with E-state index in [0.29, 0.717) is 24.7 Å². The predicted octanol–water partition coefficient (Wildman–Crippen LogP) is 1.26. The molecule has 0 amide bonds. The van der Waals surface area contributed by atoms with E-state index < -0.39 is 10.1 Å². The molecule has 21 heavy (non-hydrogen) atoms. The molecule has 1 aromatic heterocycles. The molecule has 1 aromatic rings. The van der Waals surface area contributed by atoms with Crippen molar-refractivity contribution in [2.24, 2.45) is 0 Å². The lowest BCUT2D eigenvalue weighted by atomic mass is 10.2. The number of rotatable bonds is 10. The summed E-state index contributed by atoms with van der Waals surface area (Å²) in [6.45, 7) is 3.01. The van der Waals surface area contributed by atoms with Crippen LogP contribution >= 0.6 is 0 Å². The fourth-order valence-electron chi connectivity index (χ4n) is 1.51. The minimum Gasteiger partial charge on any atom is -0.493 e. The van der Waals surface area contributed by atoms with Crippen molar-refractivity contribution in [1.29, 1.82) is 0 Å². The molecular formula is C13H21NO6S. The molecule has 0 spiro atoms. The summed E-state index contributed by atoms with van der Waals surface area (Å²) in [5, 5.41) is 0. The molecule has 0 aliphatic rings. The van der Waals surface area contributed by atoms with Crippen LogP contribution in [0.3, 0.4) is 0 Å². The quantitative estimate of drug-likeness (QED) is 0.364. The van der Waals surface area contributed by atoms with E-state index in [1.807, 2.05) is 6.92 Å². The normalized spacial score (nSPS) is 11.6. The Morgan fingerprint density at radius 1 is 1.29 bits per heavy atom. The molecule has 0 fully saturated rings. The minimum absolute atomic E-state index is 0.0984. The van der Waals surface area contributed by atoms with Gasteiger partial charge in [-0.3, -0.25) is 9.17 Å². The summed E-state index contributed by atoms with van der Waals surface area (Å²) in [6.07, 6.45) is 3.29. The van der Waals surface area contributed by atoms with Crippen LogP contribution in [-0.2, 0) is 30.4 Å². The summed E-state index contributed by atoms with van der Waals surface area (Å²) in [6, 6.07) is 1.73. The fraction of sp³-hybridized carbons (Fsp3) is 0.615. The van der Waals surface area contributed by atoms with E-state index in [1.165, 1.54) is 0 Å². The van der Waals surface area contributed by atoms with Crippen LogP contribution in [0.25, 0.3) is 0 Å². The zero-order chi connectivity index (χ0) is 15.7. The topological polar surface area (TPSA) is 83.9 Å². The molecule has 0 unspecified atom stereocenters. The summed E-state index contributed by atoms with van der Waals surface area (Å²) in [5.41, 5.74) is 1.30. The molecule has 0 aliphatic carbocycles. The Balaban J connectivity index is 2.48. The highest BCUT2D eigenvalue weighted by atomic mass is 32.2. The van der Waals surface area contributed by atoms with Gasteiger partial charge in [0.15, 0.2) is 0 Å². The van der Waals surface area contributed by atoms with Crippen molar-refractivity contribution < 1.29 is 26.8 Å². The standard InChI is InChI=1S/C13H21NO6S/c1-11-12(9-20-21(3,15)16)14-6-5-13(11)19-8-4-7-18-10-17-2/h5-6H,4,7-10H2,1-3H3. The first-order valence-electron chi connectivity index (χ1n) is 6.42. The number of aromatic nitrogens is 1. The minimum atomic E-state index is -3.49. The fourth-order valence-corrected chi connectivity index (χ4v) is 1.83. The molecule has 0 saturated carbocycles. The number of ether oxygens (including phenoxy) is 3. The maximum atomic E-state index is 11.0. The van der Waals surface area contributed by atoms with E-state index in [4.69, 9.17) is 18.4 Å². The lowest BCUT2D eigenvalue weighted by Gasteiger charge is -2.12. The number of nitrogens with zero attached hydrogens (tertiary/aromatic N) is 1. The van der Waals surface area contributed by atoms with Gasteiger partial charge in [-0.05, 0) is 13.0 Å². The summed E-state index contributed by atoms with van der Waals surface area (Å²) in [7, 11) is -1.92. The molecule has 1 rings (SSSR count). The first-order valence-corrected chi connectivity index (χ1v) is 8.24. The Morgan fingerprint density at radius 3 is 2.71 bits per heavy atom. The lowest BCUT2D eigenvalue weighted by Crippen LogP contribution is -2.08. The van der Waals surface area contributed by atoms with Crippen molar-refractivity contribution in [3.63, 3.8) is 0 Å². The molecule has 0 radical (unpaired) electrons. The number of methoxy groups -OCH3 is 1. The first kappa shape index (κ1) is 17.8. The van der Waals surface area contributed by atoms with Gasteiger partial charge in [-0.25, -0.2) is 0 Å². The Labute approximate surface area is 125 Å². The average Bonchev–Trinajstić information content (AvgIpc) is 2.42. The maximum Gasteiger partial charge on any atom is 0.264 e. The molecule has 8 heteroatoms. The van der Waals surface area contributed by atoms with Gasteiger partial charge >= 0.3 is 0 Å². The van der Waals surface area contributed by atoms with E-state index in [-0.39, 0.29) is 13.4 Å². The molecule has 0 bridgehead atoms. The third-order valence-electron chi connectivity index (χ3n) is 2.56. The first-order chi connectivity index (χ1) is 9.94. The zero-order valence-corrected chi connectivity index (χ0v) is 13.3. The molecule has 0 N–H and O–H groups in total. The van der Waals surface area contributed by atoms with Crippen LogP contribution in [0.2, 0.25) is 0 Å². The van der Waals surface area contributed by atoms with Crippen molar-refractivity contribution in [3.8, 4) is 5.75 Å². The average molecular weight is 319 g/mol. The molecule has 120 valence electrons. The van der Waals surface area contributed by atoms with Crippen LogP contribution in [0.4, 0.5) is 0 Å². The van der Waals surface area contributed by atoms with Gasteiger partial charge in [-0.15, -0.1) is 0 Å². The second-order valence-corrected chi connectivity index (χ2v) is 6.01. The number of hydrogen-bond acceptors (Lipinski definition) is 7. The molecule has 0 saturated heterocycles. The molecule has 1 heterocycles. The summed E-state index contributed by atoms with van der Waals surface area (Å²) in [4.78, 5) is 4.10. The van der Waals surface area contributed by atoms with Crippen molar-refractivity contribution in [2.45, 2.75) is 20.0 Å². The second kappa shape index (κ2) is 8.93. The van der Waals surface area contributed by atoms with Gasteiger partial charge in [-0.1, -0.05) is 0 Å². The van der Waals surface area contributed by atoms with Crippen LogP contribution in [-0.4, -0.2) is 46.8 Å². The van der Waals surface area contributed by atoms with Crippen LogP contribution in [0.15, 0.2) is 12.3 Å². The SMILES string of the molecule is COCOCCCOc1ccnc(COS(C)(=O)=O)c1C. The van der Waals surface area contributed by atoms with Crippen LogP contribution in [0.5, 0.6) is 5.75 Å². The molecule has 7 nitrogen and oxygen atoms in total. The molecular weight excluding hydrogens is 298 g/mol. The third-order valence-corrected chi connectivity index (χ3v) is 3.11. The van der Waals surface area contributed by atoms with Gasteiger partial charge < -0.3 is 14.2 Å². The highest BCUT2D eigenvalue weighted by Gasteiger charge is 2.10. The van der Waals surface area contributed by atoms with Crippen molar-refractivity contribution >= 4 is 10.1 Å². The van der Waals surface area contributed by atoms with Crippen molar-refractivity contribution in [3.05, 3.63) is 23.5 Å². The third kappa shape index (κ3) is 7.37. The highest BCUT2D eigenvalue weighted by molar-refractivity contribution is 7.85. The van der Waals surface area contributed by atoms with Gasteiger partial charge in [0.1, 0.15) is 19.1 Å². The summed E-state index contributed by atoms with van der Waals surface area (Å²) < 4.78 is 42.3. The highest BCUT2D eigenvalue weighted by Crippen LogP contribution is 2.20. The van der Waals surface area contributed by atoms with Gasteiger partial charge in [0.2, 0.25) is 0 Å². The van der Waals surface area contributed by atoms with E-state index in [1.54, 1.807) is 19.4 Å². The molecule has 0 aliphatic heterocycles. The van der Waals surface area contributed by atoms with Gasteiger partial charge in [-0.2, -0.15) is 8.42 Å². The van der Waals surface area contributed by atoms with E-state index in [0.717, 1.165) is 18.2 Å². The van der Waals surface area contributed by atoms with Gasteiger partial charge in [0.05, 0.1) is 25.2 Å². The molecule has 0 atom stereocenters. The monoisotopic (exact) mass is 319 g/mol. The maximum absolute atomic E-state index is 11.0. The Morgan fingerprint density at radius 2 is 2.05 bits per heavy atom. The van der Waals surface area contributed by atoms with Crippen LogP contribution < -0.4 is 4.74 Å². The zero-order valence-electron chi connectivity index (χ0n) is 12.5. The van der Waals surface area contributed by atoms with Crippen molar-refractivity contribution in [1.82, 2.24) is 4.98 Å². The Kier molecular flexibility index (Phi) is 7.58. The molecule has 0 aromatic carbocycles. The van der Waals surface area contributed by atoms with E-state index in [2.05, 4.69) is 4.98 Å². The second-order valence-electron chi connectivity index (χ2n) is 4.36. The Bertz CT molecular complexity index is 531. The number of hydrogen-bond donors (Lipinski definition) is 0. The van der Waals surface area contributed by atoms with Crippen LogP contribution in [0.1, 0.15) is 17.7 Å². The summed E-state index contributed by atoms with van der Waals surface area (Å²) >= 11 is 0. The van der Waals surface area contributed by atoms with E-state index in [9.17, 15) is 8.42 Å². The van der Waals surface area contributed by atoms with Crippen molar-refractivity contribution in [2.75, 3.05) is 33.4 Å². The largest absolute Gasteiger partial charge is 0.493 e. The smallest absolute Gasteiger partial charge is 0.264 e.